The van der Waals surface area contributed by atoms with Gasteiger partial charge in [-0.1, -0.05) is 27.7 Å². The first kappa shape index (κ1) is 14.4. The molecular formula is C13H22N4O. The van der Waals surface area contributed by atoms with Crippen LogP contribution in [0.25, 0.3) is 0 Å². The van der Waals surface area contributed by atoms with Crippen LogP contribution in [0.2, 0.25) is 0 Å². The second-order valence-electron chi connectivity index (χ2n) is 5.52. The van der Waals surface area contributed by atoms with Crippen molar-refractivity contribution in [3.63, 3.8) is 0 Å². The first-order valence-corrected chi connectivity index (χ1v) is 6.06. The van der Waals surface area contributed by atoms with E-state index in [1.54, 1.807) is 18.3 Å². The number of pyridine rings is 1. The molecule has 1 heterocycles. The molecule has 100 valence electrons. The Bertz CT molecular complexity index is 412. The van der Waals surface area contributed by atoms with Crippen molar-refractivity contribution in [1.29, 1.82) is 0 Å². The van der Waals surface area contributed by atoms with E-state index in [2.05, 4.69) is 43.4 Å². The van der Waals surface area contributed by atoms with Crippen molar-refractivity contribution in [3.8, 4) is 0 Å². The van der Waals surface area contributed by atoms with E-state index in [1.165, 1.54) is 0 Å². The van der Waals surface area contributed by atoms with E-state index in [-0.39, 0.29) is 11.3 Å². The minimum Gasteiger partial charge on any atom is -0.352 e. The molecule has 4 N–H and O–H groups in total. The van der Waals surface area contributed by atoms with Gasteiger partial charge in [0.25, 0.3) is 5.91 Å². The topological polar surface area (TPSA) is 80.0 Å². The second kappa shape index (κ2) is 5.82. The Morgan fingerprint density at radius 2 is 2.17 bits per heavy atom. The number of carbonyl (C=O) groups is 1. The fourth-order valence-electron chi connectivity index (χ4n) is 1.35. The molecule has 1 amide bonds. The summed E-state index contributed by atoms with van der Waals surface area (Å²) in [4.78, 5) is 16.0. The van der Waals surface area contributed by atoms with Gasteiger partial charge in [0.15, 0.2) is 5.82 Å². The van der Waals surface area contributed by atoms with E-state index in [0.29, 0.717) is 23.8 Å². The average Bonchev–Trinajstić information content (AvgIpc) is 2.34. The minimum absolute atomic E-state index is 0.160. The highest BCUT2D eigenvalue weighted by atomic mass is 16.1. The number of nitrogens with zero attached hydrogens (tertiary/aromatic N) is 1. The normalized spacial score (nSPS) is 12.9. The van der Waals surface area contributed by atoms with E-state index in [4.69, 9.17) is 5.84 Å². The van der Waals surface area contributed by atoms with E-state index in [9.17, 15) is 4.79 Å². The monoisotopic (exact) mass is 250 g/mol. The molecule has 0 radical (unpaired) electrons. The molecule has 0 aliphatic carbocycles. The van der Waals surface area contributed by atoms with Crippen molar-refractivity contribution in [2.24, 2.45) is 17.2 Å². The van der Waals surface area contributed by atoms with Gasteiger partial charge in [-0.3, -0.25) is 4.79 Å². The van der Waals surface area contributed by atoms with Crippen LogP contribution in [-0.4, -0.2) is 17.4 Å². The third kappa shape index (κ3) is 3.70. The highest BCUT2D eigenvalue weighted by Crippen LogP contribution is 2.24. The molecule has 0 aliphatic heterocycles. The minimum atomic E-state index is -0.160. The summed E-state index contributed by atoms with van der Waals surface area (Å²) in [5.74, 6) is 5.93. The lowest BCUT2D eigenvalue weighted by molar-refractivity contribution is 0.0937. The Hall–Kier alpha value is -1.62. The van der Waals surface area contributed by atoms with Gasteiger partial charge in [0, 0.05) is 12.7 Å². The summed E-state index contributed by atoms with van der Waals surface area (Å²) in [6.07, 6.45) is 1.59. The van der Waals surface area contributed by atoms with Gasteiger partial charge < -0.3 is 10.7 Å². The number of nitrogen functional groups attached to an aromatic ring is 1. The number of aromatic nitrogens is 1. The lowest BCUT2D eigenvalue weighted by Gasteiger charge is -2.27. The smallest absolute Gasteiger partial charge is 0.255 e. The van der Waals surface area contributed by atoms with Gasteiger partial charge in [-0.25, -0.2) is 10.8 Å². The lowest BCUT2D eigenvalue weighted by Crippen LogP contribution is -2.34. The fourth-order valence-corrected chi connectivity index (χ4v) is 1.35. The highest BCUT2D eigenvalue weighted by Gasteiger charge is 2.21. The van der Waals surface area contributed by atoms with Crippen molar-refractivity contribution >= 4 is 11.7 Å². The molecule has 1 aromatic heterocycles. The van der Waals surface area contributed by atoms with Crippen LogP contribution in [-0.2, 0) is 0 Å². The zero-order valence-electron chi connectivity index (χ0n) is 11.4. The number of nitrogens with two attached hydrogens (primary N) is 1. The van der Waals surface area contributed by atoms with Crippen molar-refractivity contribution in [2.75, 3.05) is 12.0 Å². The quantitative estimate of drug-likeness (QED) is 0.562. The van der Waals surface area contributed by atoms with Gasteiger partial charge in [0.05, 0.1) is 5.56 Å². The van der Waals surface area contributed by atoms with Crippen LogP contribution in [0.5, 0.6) is 0 Å². The Kier molecular flexibility index (Phi) is 4.67. The number of hydrogen-bond acceptors (Lipinski definition) is 4. The third-order valence-electron chi connectivity index (χ3n) is 3.24. The molecule has 5 nitrogen and oxygen atoms in total. The van der Waals surface area contributed by atoms with E-state index < -0.39 is 0 Å². The molecule has 0 saturated carbocycles. The molecule has 0 bridgehead atoms. The molecule has 1 atom stereocenters. The van der Waals surface area contributed by atoms with Crippen LogP contribution in [0, 0.1) is 11.3 Å². The van der Waals surface area contributed by atoms with Gasteiger partial charge in [0.1, 0.15) is 0 Å². The highest BCUT2D eigenvalue weighted by molar-refractivity contribution is 5.98. The molecular weight excluding hydrogens is 228 g/mol. The summed E-state index contributed by atoms with van der Waals surface area (Å²) in [5, 5.41) is 2.91. The maximum absolute atomic E-state index is 12.0. The predicted octanol–water partition coefficient (Wildman–Crippen LogP) is 1.78. The molecule has 0 spiro atoms. The predicted molar refractivity (Wildman–Crippen MR) is 73.0 cm³/mol. The summed E-state index contributed by atoms with van der Waals surface area (Å²) in [7, 11) is 0. The largest absolute Gasteiger partial charge is 0.352 e. The number of rotatable bonds is 4. The molecule has 5 heteroatoms. The third-order valence-corrected chi connectivity index (χ3v) is 3.24. The molecule has 0 fully saturated rings. The van der Waals surface area contributed by atoms with Crippen molar-refractivity contribution in [1.82, 2.24) is 10.3 Å². The van der Waals surface area contributed by atoms with E-state index >= 15 is 0 Å². The van der Waals surface area contributed by atoms with E-state index in [0.717, 1.165) is 0 Å². The summed E-state index contributed by atoms with van der Waals surface area (Å²) < 4.78 is 0. The van der Waals surface area contributed by atoms with Gasteiger partial charge in [-0.05, 0) is 23.5 Å². The van der Waals surface area contributed by atoms with Gasteiger partial charge in [-0.2, -0.15) is 0 Å². The summed E-state index contributed by atoms with van der Waals surface area (Å²) in [6.45, 7) is 9.20. The van der Waals surface area contributed by atoms with Crippen LogP contribution in [0.1, 0.15) is 38.1 Å². The molecule has 1 unspecified atom stereocenters. The molecule has 18 heavy (non-hydrogen) atoms. The number of hydrogen-bond donors (Lipinski definition) is 3. The van der Waals surface area contributed by atoms with Crippen LogP contribution < -0.4 is 16.6 Å². The maximum Gasteiger partial charge on any atom is 0.255 e. The summed E-state index contributed by atoms with van der Waals surface area (Å²) >= 11 is 0. The van der Waals surface area contributed by atoms with Gasteiger partial charge in [-0.15, -0.1) is 0 Å². The Morgan fingerprint density at radius 3 is 2.72 bits per heavy atom. The Balaban J connectivity index is 2.66. The summed E-state index contributed by atoms with van der Waals surface area (Å²) in [5.41, 5.74) is 3.05. The number of carbonyl (C=O) groups excluding carboxylic acids is 1. The first-order valence-electron chi connectivity index (χ1n) is 6.06. The number of amides is 1. The Labute approximate surface area is 108 Å². The van der Waals surface area contributed by atoms with E-state index in [1.807, 2.05) is 0 Å². The van der Waals surface area contributed by atoms with Crippen LogP contribution in [0.15, 0.2) is 18.3 Å². The molecule has 0 aliphatic rings. The van der Waals surface area contributed by atoms with Crippen LogP contribution in [0.3, 0.4) is 0 Å². The van der Waals surface area contributed by atoms with Crippen molar-refractivity contribution in [3.05, 3.63) is 23.9 Å². The number of hydrazine groups is 1. The number of nitrogens with one attached hydrogen (secondary N) is 2. The van der Waals surface area contributed by atoms with Gasteiger partial charge in [0.2, 0.25) is 0 Å². The standard InChI is InChI=1S/C13H22N4O/c1-9(13(2,3)4)8-16-12(18)10-6-5-7-15-11(10)17-14/h5-7,9H,8,14H2,1-4H3,(H,15,17)(H,16,18). The van der Waals surface area contributed by atoms with Crippen molar-refractivity contribution in [2.45, 2.75) is 27.7 Å². The number of anilines is 1. The average molecular weight is 250 g/mol. The molecule has 0 saturated heterocycles. The molecule has 0 aromatic carbocycles. The van der Waals surface area contributed by atoms with Gasteiger partial charge >= 0.3 is 0 Å². The maximum atomic E-state index is 12.0. The Morgan fingerprint density at radius 1 is 1.50 bits per heavy atom. The zero-order valence-corrected chi connectivity index (χ0v) is 11.4. The van der Waals surface area contributed by atoms with Crippen LogP contribution >= 0.6 is 0 Å². The van der Waals surface area contributed by atoms with Crippen molar-refractivity contribution < 1.29 is 4.79 Å². The zero-order chi connectivity index (χ0) is 13.8. The SMILES string of the molecule is CC(CNC(=O)c1cccnc1NN)C(C)(C)C. The second-order valence-corrected chi connectivity index (χ2v) is 5.52. The molecule has 1 aromatic rings. The summed E-state index contributed by atoms with van der Waals surface area (Å²) in [6, 6.07) is 3.40. The lowest BCUT2D eigenvalue weighted by atomic mass is 9.82. The van der Waals surface area contributed by atoms with Crippen LogP contribution in [0.4, 0.5) is 5.82 Å². The first-order chi connectivity index (χ1) is 8.36. The molecule has 1 rings (SSSR count). The fraction of sp³-hybridized carbons (Fsp3) is 0.538.